The molecule has 0 radical (unpaired) electrons. The van der Waals surface area contributed by atoms with Gasteiger partial charge >= 0.3 is 5.69 Å². The average molecular weight is 257 g/mol. The molecule has 0 aromatic heterocycles. The molecule has 0 spiro atoms. The molecule has 1 aliphatic rings. The first-order valence-electron chi connectivity index (χ1n) is 5.41. The first-order valence-corrected chi connectivity index (χ1v) is 5.78. The van der Waals surface area contributed by atoms with Gasteiger partial charge in [0.15, 0.2) is 5.75 Å². The van der Waals surface area contributed by atoms with Gasteiger partial charge in [0, 0.05) is 11.1 Å². The third kappa shape index (κ3) is 2.68. The zero-order valence-electron chi connectivity index (χ0n) is 9.14. The highest BCUT2D eigenvalue weighted by molar-refractivity contribution is 6.30. The molecule has 2 rings (SSSR count). The van der Waals surface area contributed by atoms with E-state index in [2.05, 4.69) is 0 Å². The van der Waals surface area contributed by atoms with Gasteiger partial charge in [-0.1, -0.05) is 11.6 Å². The maximum atomic E-state index is 10.8. The second kappa shape index (κ2) is 4.89. The number of nitrogens with two attached hydrogens (primary N) is 1. The van der Waals surface area contributed by atoms with Crippen LogP contribution < -0.4 is 10.5 Å². The Hall–Kier alpha value is -1.33. The topological polar surface area (TPSA) is 78.4 Å². The first-order chi connectivity index (χ1) is 8.10. The van der Waals surface area contributed by atoms with Gasteiger partial charge in [-0.05, 0) is 37.4 Å². The molecule has 1 aromatic rings. The van der Waals surface area contributed by atoms with Crippen LogP contribution in [-0.2, 0) is 0 Å². The van der Waals surface area contributed by atoms with Crippen molar-refractivity contribution in [2.75, 3.05) is 6.54 Å². The minimum absolute atomic E-state index is 0.0309. The molecule has 5 nitrogen and oxygen atoms in total. The van der Waals surface area contributed by atoms with Crippen molar-refractivity contribution in [1.29, 1.82) is 0 Å². The number of benzene rings is 1. The molecular formula is C11H13ClN2O3. The van der Waals surface area contributed by atoms with Gasteiger partial charge in [0.05, 0.1) is 11.0 Å². The molecule has 0 saturated heterocycles. The van der Waals surface area contributed by atoms with Gasteiger partial charge in [0.2, 0.25) is 0 Å². The number of nitro benzene ring substituents is 1. The molecule has 0 atom stereocenters. The predicted octanol–water partition coefficient (Wildman–Crippen LogP) is 2.36. The van der Waals surface area contributed by atoms with Crippen LogP contribution in [0.1, 0.15) is 12.8 Å². The monoisotopic (exact) mass is 256 g/mol. The van der Waals surface area contributed by atoms with E-state index in [4.69, 9.17) is 22.1 Å². The molecule has 17 heavy (non-hydrogen) atoms. The normalized spacial score (nSPS) is 22.9. The van der Waals surface area contributed by atoms with Gasteiger partial charge in [-0.15, -0.1) is 0 Å². The summed E-state index contributed by atoms with van der Waals surface area (Å²) in [5.74, 6) is 0.756. The molecule has 1 saturated carbocycles. The summed E-state index contributed by atoms with van der Waals surface area (Å²) in [6.07, 6.45) is 1.75. The van der Waals surface area contributed by atoms with Crippen LogP contribution >= 0.6 is 11.6 Å². The fourth-order valence-corrected chi connectivity index (χ4v) is 2.04. The van der Waals surface area contributed by atoms with Crippen LogP contribution in [0.25, 0.3) is 0 Å². The fraction of sp³-hybridized carbons (Fsp3) is 0.455. The number of ether oxygens (including phenoxy) is 1. The second-order valence-corrected chi connectivity index (χ2v) is 4.62. The van der Waals surface area contributed by atoms with Crippen molar-refractivity contribution >= 4 is 17.3 Å². The highest BCUT2D eigenvalue weighted by Crippen LogP contribution is 2.35. The van der Waals surface area contributed by atoms with Gasteiger partial charge in [-0.3, -0.25) is 10.1 Å². The van der Waals surface area contributed by atoms with E-state index in [1.165, 1.54) is 12.1 Å². The number of rotatable bonds is 4. The largest absolute Gasteiger partial charge is 0.483 e. The lowest BCUT2D eigenvalue weighted by atomic mass is 9.82. The van der Waals surface area contributed by atoms with E-state index in [9.17, 15) is 10.1 Å². The fourth-order valence-electron chi connectivity index (χ4n) is 1.88. The highest BCUT2D eigenvalue weighted by atomic mass is 35.5. The van der Waals surface area contributed by atoms with Crippen LogP contribution in [0.15, 0.2) is 18.2 Å². The zero-order valence-corrected chi connectivity index (χ0v) is 9.89. The standard InChI is InChI=1S/C11H13ClN2O3/c12-8-1-2-11(10(5-8)14(15)16)17-9-3-7(4-9)6-13/h1-2,5,7,9H,3-4,6,13H2. The summed E-state index contributed by atoms with van der Waals surface area (Å²) < 4.78 is 5.57. The summed E-state index contributed by atoms with van der Waals surface area (Å²) in [6, 6.07) is 4.43. The summed E-state index contributed by atoms with van der Waals surface area (Å²) in [4.78, 5) is 10.3. The highest BCUT2D eigenvalue weighted by Gasteiger charge is 2.31. The molecule has 2 N–H and O–H groups in total. The Morgan fingerprint density at radius 3 is 2.82 bits per heavy atom. The lowest BCUT2D eigenvalue weighted by Crippen LogP contribution is -2.37. The Kier molecular flexibility index (Phi) is 3.49. The number of nitro groups is 1. The zero-order chi connectivity index (χ0) is 12.4. The van der Waals surface area contributed by atoms with Crippen molar-refractivity contribution in [3.05, 3.63) is 33.3 Å². The van der Waals surface area contributed by atoms with Crippen molar-refractivity contribution < 1.29 is 9.66 Å². The molecule has 1 fully saturated rings. The smallest absolute Gasteiger partial charge is 0.312 e. The summed E-state index contributed by atoms with van der Waals surface area (Å²) in [7, 11) is 0. The van der Waals surface area contributed by atoms with Crippen molar-refractivity contribution in [2.45, 2.75) is 18.9 Å². The summed E-state index contributed by atoms with van der Waals surface area (Å²) >= 11 is 5.71. The van der Waals surface area contributed by atoms with Gasteiger partial charge in [-0.2, -0.15) is 0 Å². The van der Waals surface area contributed by atoms with Crippen molar-refractivity contribution in [1.82, 2.24) is 0 Å². The Bertz CT molecular complexity index is 433. The molecule has 0 aliphatic heterocycles. The van der Waals surface area contributed by atoms with Crippen LogP contribution in [0, 0.1) is 16.0 Å². The number of halogens is 1. The summed E-state index contributed by atoms with van der Waals surface area (Å²) in [5.41, 5.74) is 5.42. The van der Waals surface area contributed by atoms with E-state index in [-0.39, 0.29) is 17.5 Å². The maximum Gasteiger partial charge on any atom is 0.312 e. The van der Waals surface area contributed by atoms with Crippen LogP contribution in [0.4, 0.5) is 5.69 Å². The molecule has 1 aromatic carbocycles. The van der Waals surface area contributed by atoms with E-state index >= 15 is 0 Å². The van der Waals surface area contributed by atoms with Gasteiger partial charge < -0.3 is 10.5 Å². The van der Waals surface area contributed by atoms with Crippen LogP contribution in [0.5, 0.6) is 5.75 Å². The van der Waals surface area contributed by atoms with E-state index in [0.29, 0.717) is 17.5 Å². The molecule has 92 valence electrons. The van der Waals surface area contributed by atoms with E-state index in [1.54, 1.807) is 6.07 Å². The van der Waals surface area contributed by atoms with Crippen LogP contribution in [0.3, 0.4) is 0 Å². The molecular weight excluding hydrogens is 244 g/mol. The molecule has 0 bridgehead atoms. The van der Waals surface area contributed by atoms with Gasteiger partial charge in [-0.25, -0.2) is 0 Å². The van der Waals surface area contributed by atoms with Crippen LogP contribution in [-0.4, -0.2) is 17.6 Å². The van der Waals surface area contributed by atoms with Crippen molar-refractivity contribution in [2.24, 2.45) is 11.7 Å². The third-order valence-corrected chi connectivity index (χ3v) is 3.17. The Morgan fingerprint density at radius 1 is 1.53 bits per heavy atom. The quantitative estimate of drug-likeness (QED) is 0.663. The lowest BCUT2D eigenvalue weighted by molar-refractivity contribution is -0.386. The molecule has 0 amide bonds. The minimum atomic E-state index is -0.486. The second-order valence-electron chi connectivity index (χ2n) is 4.18. The predicted molar refractivity (Wildman–Crippen MR) is 64.3 cm³/mol. The third-order valence-electron chi connectivity index (χ3n) is 2.94. The number of nitrogens with zero attached hydrogens (tertiary/aromatic N) is 1. The first kappa shape index (κ1) is 12.1. The SMILES string of the molecule is NCC1CC(Oc2ccc(Cl)cc2[N+](=O)[O-])C1. The summed E-state index contributed by atoms with van der Waals surface area (Å²) in [6.45, 7) is 0.641. The molecule has 6 heteroatoms. The van der Waals surface area contributed by atoms with E-state index in [1.807, 2.05) is 0 Å². The number of hydrogen-bond acceptors (Lipinski definition) is 4. The Labute approximate surface area is 104 Å². The van der Waals surface area contributed by atoms with E-state index < -0.39 is 4.92 Å². The van der Waals surface area contributed by atoms with Gasteiger partial charge in [0.1, 0.15) is 0 Å². The summed E-state index contributed by atoms with van der Waals surface area (Å²) in [5, 5.41) is 11.2. The molecule has 0 heterocycles. The average Bonchev–Trinajstić information content (AvgIpc) is 2.24. The maximum absolute atomic E-state index is 10.8. The van der Waals surface area contributed by atoms with E-state index in [0.717, 1.165) is 12.8 Å². The lowest BCUT2D eigenvalue weighted by Gasteiger charge is -2.34. The minimum Gasteiger partial charge on any atom is -0.483 e. The van der Waals surface area contributed by atoms with Crippen molar-refractivity contribution in [3.8, 4) is 5.75 Å². The Morgan fingerprint density at radius 2 is 2.24 bits per heavy atom. The molecule has 0 unspecified atom stereocenters. The molecule has 1 aliphatic carbocycles. The van der Waals surface area contributed by atoms with Crippen LogP contribution in [0.2, 0.25) is 5.02 Å². The van der Waals surface area contributed by atoms with Gasteiger partial charge in [0.25, 0.3) is 0 Å². The van der Waals surface area contributed by atoms with Crippen molar-refractivity contribution in [3.63, 3.8) is 0 Å². The Balaban J connectivity index is 2.08. The number of hydrogen-bond donors (Lipinski definition) is 1.